The van der Waals surface area contributed by atoms with Crippen molar-refractivity contribution in [3.63, 3.8) is 0 Å². The molecule has 0 aliphatic heterocycles. The molecule has 5 aromatic carbocycles. The van der Waals surface area contributed by atoms with Crippen molar-refractivity contribution in [2.75, 3.05) is 26.9 Å². The van der Waals surface area contributed by atoms with Gasteiger partial charge in [-0.1, -0.05) is 11.6 Å². The molecule has 0 fully saturated rings. The fraction of sp³-hybridized carbons (Fsp3) is 0.312. The number of methoxy groups -OCH3 is 1. The van der Waals surface area contributed by atoms with E-state index in [1.54, 1.807) is 0 Å². The zero-order chi connectivity index (χ0) is 29.2. The number of aliphatic hydroxyl groups excluding tert-OH is 3. The van der Waals surface area contributed by atoms with Gasteiger partial charge < -0.3 is 35.0 Å². The molecule has 0 unspecified atom stereocenters. The second-order valence-electron chi connectivity index (χ2n) is 10.6. The van der Waals surface area contributed by atoms with Gasteiger partial charge in [-0.25, -0.2) is 0 Å². The van der Waals surface area contributed by atoms with Crippen LogP contribution in [-0.4, -0.2) is 52.5 Å². The van der Waals surface area contributed by atoms with Crippen LogP contribution in [0, 0.1) is 0 Å². The number of hydrogen-bond donors (Lipinski definition) is 5. The molecule has 0 aromatic heterocycles. The summed E-state index contributed by atoms with van der Waals surface area (Å²) in [7, 11) is 1.41. The van der Waals surface area contributed by atoms with Gasteiger partial charge in [0.2, 0.25) is 0 Å². The Morgan fingerprint density at radius 1 is 0.780 bits per heavy atom. The van der Waals surface area contributed by atoms with Crippen molar-refractivity contribution < 1.29 is 35.0 Å². The normalized spacial score (nSPS) is 13.2. The highest BCUT2D eigenvalue weighted by Gasteiger charge is 2.32. The highest BCUT2D eigenvalue weighted by atomic mass is 16.5. The van der Waals surface area contributed by atoms with Gasteiger partial charge in [-0.05, 0) is 76.7 Å². The molecule has 1 aliphatic rings. The van der Waals surface area contributed by atoms with E-state index in [0.717, 1.165) is 11.1 Å². The molecule has 0 atom stereocenters. The largest absolute Gasteiger partial charge is 0.507 e. The highest BCUT2D eigenvalue weighted by molar-refractivity contribution is 6.38. The first-order valence-corrected chi connectivity index (χ1v) is 13.5. The van der Waals surface area contributed by atoms with Crippen molar-refractivity contribution in [1.82, 2.24) is 0 Å². The number of fused-ring (bicyclic) bond motifs is 1. The Labute approximate surface area is 233 Å². The summed E-state index contributed by atoms with van der Waals surface area (Å²) in [6.07, 6.45) is 3.18. The lowest BCUT2D eigenvalue weighted by molar-refractivity contribution is 0.0908. The number of rotatable bonds is 9. The number of allylic oxidation sites excluding steroid dienone is 1. The molecule has 1 aliphatic carbocycles. The minimum absolute atomic E-state index is 0.0209. The molecule has 6 rings (SSSR count). The van der Waals surface area contributed by atoms with E-state index in [1.807, 2.05) is 13.0 Å². The molecule has 0 amide bonds. The van der Waals surface area contributed by atoms with Crippen LogP contribution in [0.25, 0.3) is 49.2 Å². The maximum atomic E-state index is 13.6. The van der Waals surface area contributed by atoms with E-state index >= 15 is 0 Å². The van der Waals surface area contributed by atoms with Gasteiger partial charge >= 0.3 is 0 Å². The number of benzene rings is 5. The summed E-state index contributed by atoms with van der Waals surface area (Å²) < 4.78 is 11.1. The topological polar surface area (TPSA) is 154 Å². The van der Waals surface area contributed by atoms with Gasteiger partial charge in [-0.2, -0.15) is 0 Å². The zero-order valence-corrected chi connectivity index (χ0v) is 22.8. The molecule has 5 aromatic rings. The third-order valence-electron chi connectivity index (χ3n) is 8.24. The number of aromatic hydroxyl groups is 2. The highest BCUT2D eigenvalue weighted by Crippen LogP contribution is 2.53. The summed E-state index contributed by atoms with van der Waals surface area (Å²) in [5.41, 5.74) is 2.38. The Bertz CT molecular complexity index is 2010. The Kier molecular flexibility index (Phi) is 6.70. The van der Waals surface area contributed by atoms with Gasteiger partial charge in [0, 0.05) is 28.3 Å². The van der Waals surface area contributed by atoms with Crippen molar-refractivity contribution in [3.8, 4) is 17.2 Å². The predicted octanol–water partition coefficient (Wildman–Crippen LogP) is 3.20. The van der Waals surface area contributed by atoms with E-state index in [2.05, 4.69) is 0 Å². The van der Waals surface area contributed by atoms with Gasteiger partial charge in [-0.15, -0.1) is 0 Å². The molecule has 0 saturated carbocycles. The van der Waals surface area contributed by atoms with E-state index in [0.29, 0.717) is 74.9 Å². The molecule has 5 N–H and O–H groups in total. The van der Waals surface area contributed by atoms with Crippen LogP contribution in [0.5, 0.6) is 17.2 Å². The molecule has 212 valence electrons. The summed E-state index contributed by atoms with van der Waals surface area (Å²) in [6.45, 7) is 1.36. The molecule has 9 nitrogen and oxygen atoms in total. The molecule has 0 bridgehead atoms. The van der Waals surface area contributed by atoms with Gasteiger partial charge in [0.15, 0.2) is 22.4 Å². The number of ether oxygens (including phenoxy) is 2. The first-order chi connectivity index (χ1) is 19.8. The smallest absolute Gasteiger partial charge is 0.190 e. The fourth-order valence-corrected chi connectivity index (χ4v) is 6.74. The zero-order valence-electron chi connectivity index (χ0n) is 22.8. The van der Waals surface area contributed by atoms with Crippen molar-refractivity contribution >= 4 is 49.2 Å². The minimum Gasteiger partial charge on any atom is -0.507 e. The van der Waals surface area contributed by atoms with E-state index in [-0.39, 0.29) is 46.8 Å². The van der Waals surface area contributed by atoms with Crippen molar-refractivity contribution in [2.45, 2.75) is 39.4 Å². The first-order valence-electron chi connectivity index (χ1n) is 13.5. The van der Waals surface area contributed by atoms with Gasteiger partial charge in [-0.3, -0.25) is 9.59 Å². The summed E-state index contributed by atoms with van der Waals surface area (Å²) in [6, 6.07) is 2.54. The Balaban J connectivity index is 1.95. The van der Waals surface area contributed by atoms with Crippen molar-refractivity contribution in [3.05, 3.63) is 66.0 Å². The quantitative estimate of drug-likeness (QED) is 0.104. The number of phenols is 2. The predicted molar refractivity (Wildman–Crippen MR) is 157 cm³/mol. The lowest BCUT2D eigenvalue weighted by Gasteiger charge is -2.24. The minimum atomic E-state index is -0.497. The molecule has 0 radical (unpaired) electrons. The van der Waals surface area contributed by atoms with E-state index < -0.39 is 24.1 Å². The summed E-state index contributed by atoms with van der Waals surface area (Å²) in [4.78, 5) is 27.1. The van der Waals surface area contributed by atoms with Crippen LogP contribution in [0.4, 0.5) is 0 Å². The summed E-state index contributed by atoms with van der Waals surface area (Å²) in [5.74, 6) is -0.358. The lowest BCUT2D eigenvalue weighted by Crippen LogP contribution is -2.12. The third-order valence-corrected chi connectivity index (χ3v) is 8.24. The Hall–Kier alpha value is -4.02. The number of hydrogen-bond acceptors (Lipinski definition) is 9. The molecule has 41 heavy (non-hydrogen) atoms. The molecule has 9 heteroatoms. The molecule has 0 heterocycles. The van der Waals surface area contributed by atoms with Crippen LogP contribution in [-0.2, 0) is 30.8 Å². The average molecular weight is 559 g/mol. The average Bonchev–Trinajstić information content (AvgIpc) is 3.10. The maximum Gasteiger partial charge on any atom is 0.190 e. The van der Waals surface area contributed by atoms with Gasteiger partial charge in [0.1, 0.15) is 5.75 Å². The van der Waals surface area contributed by atoms with Crippen LogP contribution < -0.4 is 15.6 Å². The third kappa shape index (κ3) is 3.77. The first kappa shape index (κ1) is 27.2. The van der Waals surface area contributed by atoms with Gasteiger partial charge in [0.25, 0.3) is 0 Å². The van der Waals surface area contributed by atoms with Crippen LogP contribution in [0.2, 0.25) is 0 Å². The number of aliphatic hydroxyl groups is 3. The van der Waals surface area contributed by atoms with Crippen LogP contribution in [0.3, 0.4) is 0 Å². The lowest BCUT2D eigenvalue weighted by atomic mass is 9.80. The maximum absolute atomic E-state index is 13.6. The van der Waals surface area contributed by atoms with Crippen molar-refractivity contribution in [1.29, 1.82) is 0 Å². The second kappa shape index (κ2) is 10.1. The van der Waals surface area contributed by atoms with E-state index in [1.165, 1.54) is 19.2 Å². The summed E-state index contributed by atoms with van der Waals surface area (Å²) in [5, 5.41) is 56.0. The Morgan fingerprint density at radius 2 is 1.39 bits per heavy atom. The molecular formula is C32H30O9. The van der Waals surface area contributed by atoms with Crippen LogP contribution in [0.15, 0.2) is 27.3 Å². The molecule has 0 saturated heterocycles. The van der Waals surface area contributed by atoms with Crippen molar-refractivity contribution in [2.24, 2.45) is 0 Å². The van der Waals surface area contributed by atoms with Gasteiger partial charge in [0.05, 0.1) is 44.3 Å². The van der Waals surface area contributed by atoms with E-state index in [9.17, 15) is 30.0 Å². The second-order valence-corrected chi connectivity index (χ2v) is 10.6. The van der Waals surface area contributed by atoms with Crippen LogP contribution >= 0.6 is 0 Å². The summed E-state index contributed by atoms with van der Waals surface area (Å²) >= 11 is 0. The standard InChI is InChI=1S/C32H30O9/c1-14-8-18-17(4-3-6-41-7-5-33)30(38)26-20(36)10-15(12-34)22-23-16(13-35)11-21(37)27-29(23)25(24(18)28(22)26)19(9-14)32(40-2)31(27)39/h9-11,33-35,38-39H,3-8,12-13H2,1-2H3. The monoisotopic (exact) mass is 558 g/mol. The molecular weight excluding hydrogens is 528 g/mol. The van der Waals surface area contributed by atoms with Crippen LogP contribution in [0.1, 0.15) is 41.2 Å². The molecule has 0 spiro atoms. The Morgan fingerprint density at radius 3 is 1.98 bits per heavy atom. The fourth-order valence-electron chi connectivity index (χ4n) is 6.74. The SMILES string of the molecule is COc1c(O)c2c(=O)cc(CO)c3c4c(CO)cc(=O)c5c(O)c(CCCOCCO)c6c(c(c1C=C(C)C6)c23)c54. The van der Waals surface area contributed by atoms with E-state index in [4.69, 9.17) is 14.6 Å². The number of phenolic OH excluding ortho intramolecular Hbond substituents is 2.